The molecule has 8 nitrogen and oxygen atoms in total. The molecule has 4 atom stereocenters. The van der Waals surface area contributed by atoms with E-state index in [9.17, 15) is 19.6 Å². The van der Waals surface area contributed by atoms with E-state index in [4.69, 9.17) is 9.47 Å². The Hall–Kier alpha value is -3.18. The molecule has 2 aromatic rings. The summed E-state index contributed by atoms with van der Waals surface area (Å²) in [5.74, 6) is -0.990. The largest absolute Gasteiger partial charge is 0.452 e. The van der Waals surface area contributed by atoms with Gasteiger partial charge in [-0.2, -0.15) is 5.26 Å². The number of hydrogen-bond donors (Lipinski definition) is 1. The number of rotatable bonds is 4. The van der Waals surface area contributed by atoms with E-state index in [0.29, 0.717) is 5.56 Å². The standard InChI is InChI=1S/C20H21N3O5/c1-12(2)16-13(3)17(27-18(25)14-7-5-4-6-8-14)20(11-21,28-16)23-10-9-15(24)22-19(23)26/h4-10,12-13,16-17H,1-3H3,(H,22,24,26)/t13-,16-,17-,20-/m1/s1. The maximum Gasteiger partial charge on any atom is 0.338 e. The number of aromatic amines is 1. The van der Waals surface area contributed by atoms with Gasteiger partial charge in [0.25, 0.3) is 11.3 Å². The number of esters is 1. The molecule has 1 fully saturated rings. The van der Waals surface area contributed by atoms with E-state index in [2.05, 4.69) is 4.98 Å². The number of carbonyl (C=O) groups excluding carboxylic acids is 1. The van der Waals surface area contributed by atoms with Gasteiger partial charge in [-0.3, -0.25) is 14.3 Å². The highest BCUT2D eigenvalue weighted by molar-refractivity contribution is 5.89. The maximum absolute atomic E-state index is 12.7. The molecule has 1 aliphatic heterocycles. The Bertz CT molecular complexity index is 1020. The molecule has 0 aliphatic carbocycles. The summed E-state index contributed by atoms with van der Waals surface area (Å²) in [7, 11) is 0. The second-order valence-corrected chi connectivity index (χ2v) is 7.17. The predicted molar refractivity (Wildman–Crippen MR) is 99.4 cm³/mol. The average Bonchev–Trinajstić information content (AvgIpc) is 2.96. The lowest BCUT2D eigenvalue weighted by Crippen LogP contribution is -2.51. The zero-order valence-corrected chi connectivity index (χ0v) is 15.8. The second kappa shape index (κ2) is 7.44. The number of benzene rings is 1. The molecule has 0 unspecified atom stereocenters. The molecular weight excluding hydrogens is 362 g/mol. The average molecular weight is 383 g/mol. The van der Waals surface area contributed by atoms with Gasteiger partial charge in [0.15, 0.2) is 6.10 Å². The topological polar surface area (TPSA) is 114 Å². The van der Waals surface area contributed by atoms with Crippen LogP contribution in [0.5, 0.6) is 0 Å². The van der Waals surface area contributed by atoms with Crippen molar-refractivity contribution in [2.45, 2.75) is 38.7 Å². The third-order valence-corrected chi connectivity index (χ3v) is 4.94. The Labute approximate surface area is 161 Å². The van der Waals surface area contributed by atoms with Crippen molar-refractivity contribution in [1.82, 2.24) is 9.55 Å². The minimum atomic E-state index is -1.89. The van der Waals surface area contributed by atoms with Crippen LogP contribution in [0.3, 0.4) is 0 Å². The Balaban J connectivity index is 2.09. The summed E-state index contributed by atoms with van der Waals surface area (Å²) >= 11 is 0. The lowest BCUT2D eigenvalue weighted by molar-refractivity contribution is -0.113. The van der Waals surface area contributed by atoms with Crippen LogP contribution in [0.1, 0.15) is 31.1 Å². The third kappa shape index (κ3) is 3.25. The van der Waals surface area contributed by atoms with Crippen LogP contribution < -0.4 is 11.2 Å². The lowest BCUT2D eigenvalue weighted by atomic mass is 9.89. The lowest BCUT2D eigenvalue weighted by Gasteiger charge is -2.29. The van der Waals surface area contributed by atoms with Gasteiger partial charge in [-0.15, -0.1) is 0 Å². The van der Waals surface area contributed by atoms with Gasteiger partial charge >= 0.3 is 11.7 Å². The number of nitrogens with zero attached hydrogens (tertiary/aromatic N) is 2. The zero-order chi connectivity index (χ0) is 20.5. The molecule has 0 saturated carbocycles. The summed E-state index contributed by atoms with van der Waals surface area (Å²) in [6, 6.07) is 11.5. The van der Waals surface area contributed by atoms with Crippen molar-refractivity contribution < 1.29 is 14.3 Å². The highest BCUT2D eigenvalue weighted by atomic mass is 16.6. The number of nitrogens with one attached hydrogen (secondary N) is 1. The van der Waals surface area contributed by atoms with Crippen LogP contribution in [0.2, 0.25) is 0 Å². The van der Waals surface area contributed by atoms with Gasteiger partial charge in [0.05, 0.1) is 11.7 Å². The Morgan fingerprint density at radius 1 is 1.29 bits per heavy atom. The van der Waals surface area contributed by atoms with Crippen LogP contribution in [-0.4, -0.2) is 27.7 Å². The van der Waals surface area contributed by atoms with Gasteiger partial charge in [0.2, 0.25) is 0 Å². The molecule has 146 valence electrons. The second-order valence-electron chi connectivity index (χ2n) is 7.17. The number of hydrogen-bond acceptors (Lipinski definition) is 6. The van der Waals surface area contributed by atoms with E-state index < -0.39 is 35.2 Å². The van der Waals surface area contributed by atoms with Gasteiger partial charge in [0.1, 0.15) is 6.07 Å². The fourth-order valence-corrected chi connectivity index (χ4v) is 3.61. The number of aromatic nitrogens is 2. The first kappa shape index (κ1) is 19.6. The molecule has 1 aromatic carbocycles. The Morgan fingerprint density at radius 3 is 2.54 bits per heavy atom. The minimum absolute atomic E-state index is 0.00150. The number of ether oxygens (including phenoxy) is 2. The summed E-state index contributed by atoms with van der Waals surface area (Å²) < 4.78 is 12.7. The fraction of sp³-hybridized carbons (Fsp3) is 0.400. The minimum Gasteiger partial charge on any atom is -0.452 e. The first-order valence-corrected chi connectivity index (χ1v) is 8.97. The highest BCUT2D eigenvalue weighted by Gasteiger charge is 2.59. The molecule has 2 heterocycles. The van der Waals surface area contributed by atoms with Gasteiger partial charge in [-0.1, -0.05) is 39.0 Å². The van der Waals surface area contributed by atoms with Gasteiger partial charge in [0, 0.05) is 18.2 Å². The monoisotopic (exact) mass is 383 g/mol. The van der Waals surface area contributed by atoms with Gasteiger partial charge in [-0.05, 0) is 18.1 Å². The summed E-state index contributed by atoms with van der Waals surface area (Å²) in [5.41, 5.74) is -2.98. The molecule has 1 saturated heterocycles. The smallest absolute Gasteiger partial charge is 0.338 e. The number of nitriles is 1. The molecule has 0 radical (unpaired) electrons. The molecule has 1 aliphatic rings. The van der Waals surface area contributed by atoms with Crippen LogP contribution >= 0.6 is 0 Å². The van der Waals surface area contributed by atoms with Crippen molar-refractivity contribution in [3.8, 4) is 6.07 Å². The van der Waals surface area contributed by atoms with Crippen molar-refractivity contribution >= 4 is 5.97 Å². The van der Waals surface area contributed by atoms with Crippen LogP contribution in [0, 0.1) is 23.2 Å². The zero-order valence-electron chi connectivity index (χ0n) is 15.8. The van der Waals surface area contributed by atoms with Crippen LogP contribution in [0.4, 0.5) is 0 Å². The summed E-state index contributed by atoms with van der Waals surface area (Å²) in [4.78, 5) is 38.6. The molecule has 1 N–H and O–H groups in total. The van der Waals surface area contributed by atoms with Crippen molar-refractivity contribution in [1.29, 1.82) is 5.26 Å². The fourth-order valence-electron chi connectivity index (χ4n) is 3.61. The molecular formula is C20H21N3O5. The molecule has 0 spiro atoms. The van der Waals surface area contributed by atoms with E-state index in [1.165, 1.54) is 6.20 Å². The summed E-state index contributed by atoms with van der Waals surface area (Å²) in [6.45, 7) is 5.64. The highest BCUT2D eigenvalue weighted by Crippen LogP contribution is 2.43. The number of carbonyl (C=O) groups is 1. The summed E-state index contributed by atoms with van der Waals surface area (Å²) in [5, 5.41) is 10.0. The van der Waals surface area contributed by atoms with Crippen molar-refractivity contribution in [3.05, 3.63) is 69.0 Å². The predicted octanol–water partition coefficient (Wildman–Crippen LogP) is 1.63. The third-order valence-electron chi connectivity index (χ3n) is 4.94. The van der Waals surface area contributed by atoms with Gasteiger partial charge in [-0.25, -0.2) is 9.59 Å². The molecule has 1 aromatic heterocycles. The first-order valence-electron chi connectivity index (χ1n) is 8.97. The van der Waals surface area contributed by atoms with E-state index in [1.807, 2.05) is 26.8 Å². The maximum atomic E-state index is 12.7. The van der Waals surface area contributed by atoms with Crippen molar-refractivity contribution in [2.75, 3.05) is 0 Å². The van der Waals surface area contributed by atoms with E-state index in [-0.39, 0.29) is 11.8 Å². The van der Waals surface area contributed by atoms with E-state index >= 15 is 0 Å². The number of H-pyrrole nitrogens is 1. The molecule has 0 bridgehead atoms. The molecule has 0 amide bonds. The Morgan fingerprint density at radius 2 is 1.96 bits per heavy atom. The molecule has 8 heteroatoms. The summed E-state index contributed by atoms with van der Waals surface area (Å²) in [6.07, 6.45) is -0.309. The quantitative estimate of drug-likeness (QED) is 0.803. The van der Waals surface area contributed by atoms with Crippen LogP contribution in [-0.2, 0) is 15.2 Å². The Kier molecular flexibility index (Phi) is 5.21. The molecule has 28 heavy (non-hydrogen) atoms. The molecule has 3 rings (SSSR count). The van der Waals surface area contributed by atoms with Gasteiger partial charge < -0.3 is 9.47 Å². The van der Waals surface area contributed by atoms with Crippen molar-refractivity contribution in [2.24, 2.45) is 11.8 Å². The first-order chi connectivity index (χ1) is 13.3. The van der Waals surface area contributed by atoms with Crippen LogP contribution in [0.15, 0.2) is 52.2 Å². The normalized spacial score (nSPS) is 26.8. The SMILES string of the molecule is CC(C)[C@H]1O[C@@](C#N)(n2ccc(=O)[nH]c2=O)[C@H](OC(=O)c2ccccc2)[C@@H]1C. The van der Waals surface area contributed by atoms with E-state index in [0.717, 1.165) is 10.6 Å². The van der Waals surface area contributed by atoms with Crippen LogP contribution in [0.25, 0.3) is 0 Å². The van der Waals surface area contributed by atoms with E-state index in [1.54, 1.807) is 30.3 Å². The van der Waals surface area contributed by atoms with Crippen molar-refractivity contribution in [3.63, 3.8) is 0 Å².